The Morgan fingerprint density at radius 2 is 1.96 bits per heavy atom. The highest BCUT2D eigenvalue weighted by molar-refractivity contribution is 8.13. The zero-order valence-electron chi connectivity index (χ0n) is 15.2. The summed E-state index contributed by atoms with van der Waals surface area (Å²) in [6.45, 7) is 1.91. The van der Waals surface area contributed by atoms with Gasteiger partial charge in [0.1, 0.15) is 12.1 Å². The number of hydrogen-bond donors (Lipinski definition) is 2. The molecule has 1 heterocycles. The van der Waals surface area contributed by atoms with Gasteiger partial charge in [-0.05, 0) is 18.4 Å². The molecule has 2 rings (SSSR count). The molecule has 7 nitrogen and oxygen atoms in total. The maximum atomic E-state index is 12.6. The number of aliphatic carboxylic acids is 1. The van der Waals surface area contributed by atoms with Gasteiger partial charge in [0.2, 0.25) is 11.8 Å². The van der Waals surface area contributed by atoms with E-state index in [-0.39, 0.29) is 23.9 Å². The number of rotatable bonds is 8. The van der Waals surface area contributed by atoms with Crippen molar-refractivity contribution in [1.29, 1.82) is 0 Å². The van der Waals surface area contributed by atoms with E-state index in [2.05, 4.69) is 5.32 Å². The molecule has 0 unspecified atom stereocenters. The van der Waals surface area contributed by atoms with Gasteiger partial charge in [-0.3, -0.25) is 14.4 Å². The van der Waals surface area contributed by atoms with E-state index in [1.807, 2.05) is 18.2 Å². The van der Waals surface area contributed by atoms with Crippen molar-refractivity contribution in [3.05, 3.63) is 35.9 Å². The van der Waals surface area contributed by atoms with Crippen LogP contribution in [-0.2, 0) is 25.6 Å². The normalized spacial score (nSPS) is 17.4. The van der Waals surface area contributed by atoms with E-state index in [9.17, 15) is 24.3 Å². The standard InChI is InChI=1S/C19H24N2O5S/c1-13(22)27-11-9-17(23)21-10-5-8-16(21)18(24)20-15(19(25)26)12-14-6-3-2-4-7-14/h2-4,6-7,15-16H,5,8-12H2,1H3,(H,20,24)(H,25,26)/t15-,16-/m0/s1. The number of carbonyl (C=O) groups excluding carboxylic acids is 3. The Morgan fingerprint density at radius 1 is 1.26 bits per heavy atom. The largest absolute Gasteiger partial charge is 0.480 e. The number of benzene rings is 1. The lowest BCUT2D eigenvalue weighted by atomic mass is 10.1. The molecule has 2 amide bonds. The second-order valence-corrected chi connectivity index (χ2v) is 7.70. The lowest BCUT2D eigenvalue weighted by molar-refractivity contribution is -0.143. The quantitative estimate of drug-likeness (QED) is 0.694. The predicted molar refractivity (Wildman–Crippen MR) is 102 cm³/mol. The first-order valence-electron chi connectivity index (χ1n) is 8.88. The van der Waals surface area contributed by atoms with Crippen molar-refractivity contribution in [1.82, 2.24) is 10.2 Å². The lowest BCUT2D eigenvalue weighted by Gasteiger charge is -2.25. The van der Waals surface area contributed by atoms with Crippen LogP contribution in [0.25, 0.3) is 0 Å². The molecule has 1 aromatic carbocycles. The minimum atomic E-state index is -1.11. The van der Waals surface area contributed by atoms with Gasteiger partial charge in [-0.25, -0.2) is 4.79 Å². The Labute approximate surface area is 162 Å². The highest BCUT2D eigenvalue weighted by Gasteiger charge is 2.35. The molecule has 0 aromatic heterocycles. The van der Waals surface area contributed by atoms with Crippen LogP contribution in [0, 0.1) is 0 Å². The fourth-order valence-electron chi connectivity index (χ4n) is 3.08. The summed E-state index contributed by atoms with van der Waals surface area (Å²) < 4.78 is 0. The fraction of sp³-hybridized carbons (Fsp3) is 0.474. The van der Waals surface area contributed by atoms with Gasteiger partial charge in [-0.1, -0.05) is 42.1 Å². The van der Waals surface area contributed by atoms with Crippen LogP contribution in [0.1, 0.15) is 31.7 Å². The molecular formula is C19H24N2O5S. The number of nitrogens with one attached hydrogen (secondary N) is 1. The third-order valence-corrected chi connectivity index (χ3v) is 5.21. The monoisotopic (exact) mass is 392 g/mol. The molecule has 2 N–H and O–H groups in total. The molecular weight excluding hydrogens is 368 g/mol. The minimum Gasteiger partial charge on any atom is -0.480 e. The van der Waals surface area contributed by atoms with E-state index in [0.29, 0.717) is 25.1 Å². The van der Waals surface area contributed by atoms with Crippen LogP contribution >= 0.6 is 11.8 Å². The zero-order valence-corrected chi connectivity index (χ0v) is 16.0. The summed E-state index contributed by atoms with van der Waals surface area (Å²) >= 11 is 1.08. The molecule has 2 atom stereocenters. The van der Waals surface area contributed by atoms with Crippen molar-refractivity contribution < 1.29 is 24.3 Å². The van der Waals surface area contributed by atoms with Gasteiger partial charge < -0.3 is 15.3 Å². The average Bonchev–Trinajstić information content (AvgIpc) is 3.11. The first kappa shape index (κ1) is 21.0. The van der Waals surface area contributed by atoms with Gasteiger partial charge in [0.05, 0.1) is 0 Å². The Bertz CT molecular complexity index is 695. The third kappa shape index (κ3) is 6.39. The number of nitrogens with zero attached hydrogens (tertiary/aromatic N) is 1. The van der Waals surface area contributed by atoms with Crippen molar-refractivity contribution in [3.63, 3.8) is 0 Å². The number of carboxylic acids is 1. The minimum absolute atomic E-state index is 0.0521. The Hall–Kier alpha value is -2.35. The molecule has 1 fully saturated rings. The first-order valence-corrected chi connectivity index (χ1v) is 9.87. The van der Waals surface area contributed by atoms with E-state index in [1.165, 1.54) is 11.8 Å². The molecule has 0 aliphatic carbocycles. The van der Waals surface area contributed by atoms with E-state index in [0.717, 1.165) is 17.3 Å². The molecule has 0 bridgehead atoms. The Morgan fingerprint density at radius 3 is 2.59 bits per heavy atom. The smallest absolute Gasteiger partial charge is 0.326 e. The molecule has 0 radical (unpaired) electrons. The van der Waals surface area contributed by atoms with Gasteiger partial charge in [0, 0.05) is 32.1 Å². The highest BCUT2D eigenvalue weighted by Crippen LogP contribution is 2.20. The summed E-state index contributed by atoms with van der Waals surface area (Å²) in [5, 5.41) is 12.0. The molecule has 27 heavy (non-hydrogen) atoms. The molecule has 0 saturated carbocycles. The van der Waals surface area contributed by atoms with Crippen LogP contribution in [0.4, 0.5) is 0 Å². The molecule has 0 spiro atoms. The van der Waals surface area contributed by atoms with E-state index >= 15 is 0 Å². The van der Waals surface area contributed by atoms with Gasteiger partial charge in [0.25, 0.3) is 0 Å². The molecule has 146 valence electrons. The second-order valence-electron chi connectivity index (χ2n) is 6.42. The number of thioether (sulfide) groups is 1. The maximum Gasteiger partial charge on any atom is 0.326 e. The summed E-state index contributed by atoms with van der Waals surface area (Å²) in [7, 11) is 0. The van der Waals surface area contributed by atoms with Crippen molar-refractivity contribution in [3.8, 4) is 0 Å². The molecule has 1 saturated heterocycles. The number of carboxylic acid groups (broad SMARTS) is 1. The number of likely N-dealkylation sites (tertiary alicyclic amines) is 1. The van der Waals surface area contributed by atoms with Gasteiger partial charge >= 0.3 is 5.97 Å². The summed E-state index contributed by atoms with van der Waals surface area (Å²) in [4.78, 5) is 49.0. The van der Waals surface area contributed by atoms with Crippen molar-refractivity contribution in [2.75, 3.05) is 12.3 Å². The summed E-state index contributed by atoms with van der Waals surface area (Å²) in [5.74, 6) is -1.36. The van der Waals surface area contributed by atoms with Crippen LogP contribution in [0.3, 0.4) is 0 Å². The van der Waals surface area contributed by atoms with Crippen molar-refractivity contribution in [2.24, 2.45) is 0 Å². The zero-order chi connectivity index (χ0) is 19.8. The number of hydrogen-bond acceptors (Lipinski definition) is 5. The summed E-state index contributed by atoms with van der Waals surface area (Å²) in [6, 6.07) is 7.37. The van der Waals surface area contributed by atoms with Crippen LogP contribution in [0.5, 0.6) is 0 Å². The van der Waals surface area contributed by atoms with Crippen LogP contribution < -0.4 is 5.32 Å². The van der Waals surface area contributed by atoms with Crippen molar-refractivity contribution in [2.45, 2.75) is 44.7 Å². The van der Waals surface area contributed by atoms with Crippen LogP contribution in [0.2, 0.25) is 0 Å². The SMILES string of the molecule is CC(=O)SCCC(=O)N1CCC[C@H]1C(=O)N[C@@H](Cc1ccccc1)C(=O)O. The van der Waals surface area contributed by atoms with Crippen LogP contribution in [-0.4, -0.2) is 57.3 Å². The predicted octanol–water partition coefficient (Wildman–Crippen LogP) is 1.46. The Kier molecular flexibility index (Phi) is 7.84. The van der Waals surface area contributed by atoms with E-state index < -0.39 is 24.0 Å². The van der Waals surface area contributed by atoms with Gasteiger partial charge in [-0.2, -0.15) is 0 Å². The lowest BCUT2D eigenvalue weighted by Crippen LogP contribution is -2.51. The molecule has 1 aliphatic rings. The maximum absolute atomic E-state index is 12.6. The fourth-order valence-corrected chi connectivity index (χ4v) is 3.65. The average molecular weight is 392 g/mol. The summed E-state index contributed by atoms with van der Waals surface area (Å²) in [5.41, 5.74) is 0.811. The van der Waals surface area contributed by atoms with Gasteiger partial charge in [0.15, 0.2) is 5.12 Å². The highest BCUT2D eigenvalue weighted by atomic mass is 32.2. The Balaban J connectivity index is 1.96. The van der Waals surface area contributed by atoms with Crippen LogP contribution in [0.15, 0.2) is 30.3 Å². The molecule has 1 aliphatic heterocycles. The number of carbonyl (C=O) groups is 4. The topological polar surface area (TPSA) is 104 Å². The van der Waals surface area contributed by atoms with E-state index in [4.69, 9.17) is 0 Å². The second kappa shape index (κ2) is 10.1. The van der Waals surface area contributed by atoms with Crippen molar-refractivity contribution >= 4 is 34.7 Å². The van der Waals surface area contributed by atoms with E-state index in [1.54, 1.807) is 12.1 Å². The first-order chi connectivity index (χ1) is 12.9. The molecule has 1 aromatic rings. The molecule has 8 heteroatoms. The summed E-state index contributed by atoms with van der Waals surface area (Å²) in [6.07, 6.45) is 1.56. The number of amides is 2. The third-order valence-electron chi connectivity index (χ3n) is 4.39. The van der Waals surface area contributed by atoms with Gasteiger partial charge in [-0.15, -0.1) is 0 Å².